The molecule has 5 aromatic carbocycles. The molecule has 1 aliphatic rings. The van der Waals surface area contributed by atoms with Gasteiger partial charge < -0.3 is 15.5 Å². The van der Waals surface area contributed by atoms with Gasteiger partial charge in [0.05, 0.1) is 5.92 Å². The summed E-state index contributed by atoms with van der Waals surface area (Å²) < 4.78 is 0. The van der Waals surface area contributed by atoms with Gasteiger partial charge in [0, 0.05) is 36.6 Å². The summed E-state index contributed by atoms with van der Waals surface area (Å²) >= 11 is 0. The van der Waals surface area contributed by atoms with E-state index in [0.717, 1.165) is 54.0 Å². The Morgan fingerprint density at radius 2 is 1.24 bits per heavy atom. The number of benzene rings is 5. The first-order valence-electron chi connectivity index (χ1n) is 15.8. The molecule has 226 valence electrons. The van der Waals surface area contributed by atoms with Gasteiger partial charge in [-0.25, -0.2) is 0 Å². The quantitative estimate of drug-likeness (QED) is 0.173. The van der Waals surface area contributed by atoms with Crippen LogP contribution in [0.3, 0.4) is 0 Å². The molecule has 0 aromatic heterocycles. The van der Waals surface area contributed by atoms with Crippen LogP contribution in [0.2, 0.25) is 0 Å². The number of amides is 2. The zero-order chi connectivity index (χ0) is 30.8. The van der Waals surface area contributed by atoms with Crippen LogP contribution in [0.15, 0.2) is 140 Å². The van der Waals surface area contributed by atoms with Crippen molar-refractivity contribution in [3.05, 3.63) is 167 Å². The van der Waals surface area contributed by atoms with E-state index in [2.05, 4.69) is 51.9 Å². The normalized spacial score (nSPS) is 14.0. The molecule has 0 bridgehead atoms. The number of hydrogen-bond acceptors (Lipinski definition) is 3. The Morgan fingerprint density at radius 3 is 1.91 bits per heavy atom. The van der Waals surface area contributed by atoms with E-state index < -0.39 is 0 Å². The minimum Gasteiger partial charge on any atom is -0.372 e. The predicted molar refractivity (Wildman–Crippen MR) is 182 cm³/mol. The van der Waals surface area contributed by atoms with Gasteiger partial charge in [0.1, 0.15) is 0 Å². The van der Waals surface area contributed by atoms with Crippen molar-refractivity contribution in [2.75, 3.05) is 23.3 Å². The maximum Gasteiger partial charge on any atom is 0.255 e. The summed E-state index contributed by atoms with van der Waals surface area (Å²) in [6.07, 6.45) is 2.56. The van der Waals surface area contributed by atoms with Gasteiger partial charge in [-0.05, 0) is 77.8 Å². The van der Waals surface area contributed by atoms with E-state index in [-0.39, 0.29) is 23.7 Å². The molecular weight excluding hydrogens is 554 g/mol. The van der Waals surface area contributed by atoms with Crippen LogP contribution in [0, 0.1) is 5.92 Å². The number of nitrogens with zero attached hydrogens (tertiary/aromatic N) is 1. The number of anilines is 2. The number of piperidine rings is 1. The summed E-state index contributed by atoms with van der Waals surface area (Å²) in [4.78, 5) is 29.2. The molecular formula is C40H39N3O2. The third-order valence-electron chi connectivity index (χ3n) is 8.75. The van der Waals surface area contributed by atoms with E-state index in [1.165, 1.54) is 5.56 Å². The summed E-state index contributed by atoms with van der Waals surface area (Å²) in [5.74, 6) is 0.0647. The Kier molecular flexibility index (Phi) is 9.66. The van der Waals surface area contributed by atoms with E-state index >= 15 is 0 Å². The highest BCUT2D eigenvalue weighted by Gasteiger charge is 2.32. The van der Waals surface area contributed by atoms with E-state index in [1.54, 1.807) is 0 Å². The number of rotatable bonds is 10. The monoisotopic (exact) mass is 593 g/mol. The molecule has 0 saturated carbocycles. The van der Waals surface area contributed by atoms with Gasteiger partial charge in [-0.2, -0.15) is 0 Å². The number of carbonyl (C=O) groups excluding carboxylic acids is 2. The predicted octanol–water partition coefficient (Wildman–Crippen LogP) is 7.85. The number of nitrogens with one attached hydrogen (secondary N) is 2. The molecule has 5 heteroatoms. The molecule has 45 heavy (non-hydrogen) atoms. The average Bonchev–Trinajstić information content (AvgIpc) is 3.10. The molecule has 0 spiro atoms. The maximum atomic E-state index is 13.5. The molecule has 1 aliphatic heterocycles. The lowest BCUT2D eigenvalue weighted by atomic mass is 9.79. The fourth-order valence-electron chi connectivity index (χ4n) is 6.35. The molecule has 1 fully saturated rings. The first kappa shape index (κ1) is 29.9. The van der Waals surface area contributed by atoms with Crippen LogP contribution in [0.4, 0.5) is 11.4 Å². The zero-order valence-corrected chi connectivity index (χ0v) is 25.4. The first-order valence-corrected chi connectivity index (χ1v) is 15.8. The number of carbonyl (C=O) groups is 2. The summed E-state index contributed by atoms with van der Waals surface area (Å²) in [6, 6.07) is 46.4. The van der Waals surface area contributed by atoms with Crippen molar-refractivity contribution in [3.63, 3.8) is 0 Å². The smallest absolute Gasteiger partial charge is 0.255 e. The topological polar surface area (TPSA) is 61.4 Å². The van der Waals surface area contributed by atoms with Crippen molar-refractivity contribution < 1.29 is 9.59 Å². The second-order valence-electron chi connectivity index (χ2n) is 11.7. The lowest BCUT2D eigenvalue weighted by Crippen LogP contribution is -2.40. The molecule has 1 saturated heterocycles. The number of hydrogen-bond donors (Lipinski definition) is 2. The highest BCUT2D eigenvalue weighted by atomic mass is 16.2. The molecule has 5 nitrogen and oxygen atoms in total. The molecule has 6 rings (SSSR count). The summed E-state index contributed by atoms with van der Waals surface area (Å²) in [5, 5.41) is 6.29. The molecule has 5 aromatic rings. The third kappa shape index (κ3) is 7.68. The minimum absolute atomic E-state index is 0.0916. The fraction of sp³-hybridized carbons (Fsp3) is 0.200. The fourth-order valence-corrected chi connectivity index (χ4v) is 6.35. The SMILES string of the molecule is O=C(Nc1ccc(N2CCC(C(C(=O)NCc3ccccc3)c3ccccc3)CC2)cc1)c1ccccc1Cc1ccccc1. The van der Waals surface area contributed by atoms with Crippen molar-refractivity contribution in [2.24, 2.45) is 5.92 Å². The Balaban J connectivity index is 1.07. The van der Waals surface area contributed by atoms with Crippen molar-refractivity contribution in [2.45, 2.75) is 31.7 Å². The van der Waals surface area contributed by atoms with Crippen LogP contribution in [0.25, 0.3) is 0 Å². The molecule has 1 unspecified atom stereocenters. The van der Waals surface area contributed by atoms with Crippen molar-refractivity contribution in [3.8, 4) is 0 Å². The molecule has 1 atom stereocenters. The second-order valence-corrected chi connectivity index (χ2v) is 11.7. The van der Waals surface area contributed by atoms with Gasteiger partial charge in [-0.3, -0.25) is 9.59 Å². The van der Waals surface area contributed by atoms with Crippen LogP contribution in [0.5, 0.6) is 0 Å². The summed E-state index contributed by atoms with van der Waals surface area (Å²) in [5.41, 5.74) is 6.94. The highest BCUT2D eigenvalue weighted by Crippen LogP contribution is 2.35. The van der Waals surface area contributed by atoms with Gasteiger partial charge in [0.2, 0.25) is 5.91 Å². The largest absolute Gasteiger partial charge is 0.372 e. The van der Waals surface area contributed by atoms with Crippen molar-refractivity contribution >= 4 is 23.2 Å². The molecule has 0 radical (unpaired) electrons. The molecule has 1 heterocycles. The van der Waals surface area contributed by atoms with Crippen molar-refractivity contribution in [1.82, 2.24) is 5.32 Å². The molecule has 2 amide bonds. The average molecular weight is 594 g/mol. The Morgan fingerprint density at radius 1 is 0.667 bits per heavy atom. The Hall–Kier alpha value is -5.16. The molecule has 0 aliphatic carbocycles. The van der Waals surface area contributed by atoms with Crippen LogP contribution in [-0.4, -0.2) is 24.9 Å². The first-order chi connectivity index (χ1) is 22.1. The van der Waals surface area contributed by atoms with Gasteiger partial charge in [0.25, 0.3) is 5.91 Å². The highest BCUT2D eigenvalue weighted by molar-refractivity contribution is 6.05. The molecule has 2 N–H and O–H groups in total. The lowest BCUT2D eigenvalue weighted by molar-refractivity contribution is -0.124. The standard InChI is InChI=1S/C40H39N3O2/c44-39(37-19-11-10-18-34(37)28-30-12-4-1-5-13-30)42-35-20-22-36(23-21-35)43-26-24-33(25-27-43)38(32-16-8-3-9-17-32)40(45)41-29-31-14-6-2-7-15-31/h1-23,33,38H,24-29H2,(H,41,45)(H,42,44). The summed E-state index contributed by atoms with van der Waals surface area (Å²) in [7, 11) is 0. The van der Waals surface area contributed by atoms with E-state index in [0.29, 0.717) is 18.5 Å². The summed E-state index contributed by atoms with van der Waals surface area (Å²) in [6.45, 7) is 2.28. The minimum atomic E-state index is -0.181. The van der Waals surface area contributed by atoms with Gasteiger partial charge in [-0.15, -0.1) is 0 Å². The maximum absolute atomic E-state index is 13.5. The zero-order valence-electron chi connectivity index (χ0n) is 25.4. The van der Waals surface area contributed by atoms with Crippen LogP contribution >= 0.6 is 0 Å². The van der Waals surface area contributed by atoms with Crippen molar-refractivity contribution in [1.29, 1.82) is 0 Å². The van der Waals surface area contributed by atoms with Gasteiger partial charge >= 0.3 is 0 Å². The Labute approximate surface area is 265 Å². The van der Waals surface area contributed by atoms with Crippen LogP contribution in [-0.2, 0) is 17.8 Å². The Bertz CT molecular complexity index is 1680. The second kappa shape index (κ2) is 14.5. The lowest BCUT2D eigenvalue weighted by Gasteiger charge is -2.37. The van der Waals surface area contributed by atoms with Crippen LogP contribution in [0.1, 0.15) is 51.4 Å². The van der Waals surface area contributed by atoms with E-state index in [1.807, 2.05) is 103 Å². The van der Waals surface area contributed by atoms with E-state index in [9.17, 15) is 9.59 Å². The van der Waals surface area contributed by atoms with Gasteiger partial charge in [0.15, 0.2) is 0 Å². The van der Waals surface area contributed by atoms with E-state index in [4.69, 9.17) is 0 Å². The van der Waals surface area contributed by atoms with Crippen LogP contribution < -0.4 is 15.5 Å². The third-order valence-corrected chi connectivity index (χ3v) is 8.75. The van der Waals surface area contributed by atoms with Gasteiger partial charge in [-0.1, -0.05) is 109 Å².